The van der Waals surface area contributed by atoms with Crippen LogP contribution in [0.1, 0.15) is 42.1 Å². The molecule has 0 fully saturated rings. The molecule has 1 aromatic carbocycles. The number of ether oxygens (including phenoxy) is 1. The predicted molar refractivity (Wildman–Crippen MR) is 71.2 cm³/mol. The molecule has 0 radical (unpaired) electrons. The number of carbonyl (C=O) groups is 2. The van der Waals surface area contributed by atoms with Crippen LogP contribution >= 0.6 is 11.6 Å². The second-order valence-corrected chi connectivity index (χ2v) is 4.39. The molecule has 0 aliphatic rings. The van der Waals surface area contributed by atoms with Gasteiger partial charge in [-0.05, 0) is 30.5 Å². The average Bonchev–Trinajstić information content (AvgIpc) is 2.39. The smallest absolute Gasteiger partial charge is 0.338 e. The van der Waals surface area contributed by atoms with Gasteiger partial charge in [-0.25, -0.2) is 4.79 Å². The number of benzene rings is 1. The minimum absolute atomic E-state index is 0.0265. The lowest BCUT2D eigenvalue weighted by Crippen LogP contribution is -2.07. The first-order valence-electron chi connectivity index (χ1n) is 5.93. The predicted octanol–water partition coefficient (Wildman–Crippen LogP) is 3.16. The first-order chi connectivity index (χ1) is 8.58. The molecule has 18 heavy (non-hydrogen) atoms. The highest BCUT2D eigenvalue weighted by atomic mass is 35.5. The summed E-state index contributed by atoms with van der Waals surface area (Å²) in [7, 11) is 0. The Bertz CT molecular complexity index is 412. The fourth-order valence-electron chi connectivity index (χ4n) is 1.68. The van der Waals surface area contributed by atoms with E-state index in [9.17, 15) is 9.59 Å². The van der Waals surface area contributed by atoms with E-state index in [1.165, 1.54) is 0 Å². The van der Waals surface area contributed by atoms with Gasteiger partial charge >= 0.3 is 5.97 Å². The number of carbonyl (C=O) groups excluding carboxylic acids is 2. The number of halogens is 1. The van der Waals surface area contributed by atoms with Crippen molar-refractivity contribution in [3.8, 4) is 0 Å². The zero-order valence-corrected chi connectivity index (χ0v) is 11.4. The van der Waals surface area contributed by atoms with Crippen LogP contribution in [0.4, 0.5) is 0 Å². The van der Waals surface area contributed by atoms with Gasteiger partial charge in [0.2, 0.25) is 0 Å². The number of hydrogen-bond donors (Lipinski definition) is 0. The summed E-state index contributed by atoms with van der Waals surface area (Å²) in [5.41, 5.74) is 1.54. The first kappa shape index (κ1) is 14.7. The quantitative estimate of drug-likeness (QED) is 0.588. The third-order valence-corrected chi connectivity index (χ3v) is 2.97. The molecule has 0 spiro atoms. The zero-order chi connectivity index (χ0) is 13.5. The van der Waals surface area contributed by atoms with Crippen LogP contribution in [0, 0.1) is 0 Å². The molecule has 0 aliphatic heterocycles. The van der Waals surface area contributed by atoms with E-state index in [2.05, 4.69) is 0 Å². The van der Waals surface area contributed by atoms with Crippen LogP contribution in [0.2, 0.25) is 0 Å². The summed E-state index contributed by atoms with van der Waals surface area (Å²) < 4.78 is 4.90. The monoisotopic (exact) mass is 268 g/mol. The highest BCUT2D eigenvalue weighted by Gasteiger charge is 2.12. The summed E-state index contributed by atoms with van der Waals surface area (Å²) in [5.74, 6) is -0.148. The molecule has 0 heterocycles. The molecule has 1 atom stereocenters. The van der Waals surface area contributed by atoms with Crippen molar-refractivity contribution < 1.29 is 14.3 Å². The van der Waals surface area contributed by atoms with Crippen molar-refractivity contribution in [2.45, 2.75) is 26.2 Å². The van der Waals surface area contributed by atoms with Gasteiger partial charge in [-0.1, -0.05) is 19.1 Å². The van der Waals surface area contributed by atoms with Crippen LogP contribution in [0.5, 0.6) is 0 Å². The minimum atomic E-state index is -0.325. The van der Waals surface area contributed by atoms with E-state index in [1.54, 1.807) is 19.1 Å². The van der Waals surface area contributed by atoms with Gasteiger partial charge in [0.1, 0.15) is 5.78 Å². The van der Waals surface area contributed by atoms with Crippen molar-refractivity contribution in [2.24, 2.45) is 0 Å². The van der Waals surface area contributed by atoms with Gasteiger partial charge in [0, 0.05) is 6.42 Å². The van der Waals surface area contributed by atoms with Gasteiger partial charge in [0.15, 0.2) is 0 Å². The Balaban J connectivity index is 2.70. The molecule has 4 heteroatoms. The third kappa shape index (κ3) is 4.15. The van der Waals surface area contributed by atoms with E-state index < -0.39 is 0 Å². The Kier molecular flexibility index (Phi) is 5.86. The Morgan fingerprint density at radius 3 is 2.39 bits per heavy atom. The molecule has 0 aromatic heterocycles. The van der Waals surface area contributed by atoms with Crippen molar-refractivity contribution in [3.63, 3.8) is 0 Å². The van der Waals surface area contributed by atoms with Crippen LogP contribution in [-0.4, -0.2) is 24.2 Å². The van der Waals surface area contributed by atoms with E-state index >= 15 is 0 Å². The van der Waals surface area contributed by atoms with E-state index in [-0.39, 0.29) is 23.6 Å². The molecule has 0 aliphatic carbocycles. The second-order valence-electron chi connectivity index (χ2n) is 4.12. The number of alkyl halides is 1. The molecule has 0 saturated heterocycles. The molecule has 1 rings (SSSR count). The molecular formula is C14H17ClO3. The van der Waals surface area contributed by atoms with Crippen LogP contribution in [0.15, 0.2) is 24.3 Å². The van der Waals surface area contributed by atoms with Crippen molar-refractivity contribution in [1.29, 1.82) is 0 Å². The highest BCUT2D eigenvalue weighted by Crippen LogP contribution is 2.20. The average molecular weight is 269 g/mol. The lowest BCUT2D eigenvalue weighted by atomic mass is 9.95. The normalized spacial score (nSPS) is 11.9. The largest absolute Gasteiger partial charge is 0.462 e. The topological polar surface area (TPSA) is 43.4 Å². The Morgan fingerprint density at radius 1 is 1.28 bits per heavy atom. The maximum Gasteiger partial charge on any atom is 0.338 e. The standard InChI is InChI=1S/C14H17ClO3/c1-3-18-14(17)12-6-4-11(5-7-12)10(2)8-13(16)9-15/h4-7,10H,3,8-9H2,1-2H3/t10-/m0/s1. The van der Waals surface area contributed by atoms with Gasteiger partial charge in [0.05, 0.1) is 18.1 Å². The summed E-state index contributed by atoms with van der Waals surface area (Å²) in [5, 5.41) is 0. The molecule has 0 saturated carbocycles. The number of hydrogen-bond acceptors (Lipinski definition) is 3. The van der Waals surface area contributed by atoms with E-state index in [4.69, 9.17) is 16.3 Å². The van der Waals surface area contributed by atoms with Gasteiger partial charge in [-0.3, -0.25) is 4.79 Å². The summed E-state index contributed by atoms with van der Waals surface area (Å²) >= 11 is 5.47. The number of ketones is 1. The van der Waals surface area contributed by atoms with Crippen LogP contribution in [-0.2, 0) is 9.53 Å². The minimum Gasteiger partial charge on any atom is -0.462 e. The van der Waals surface area contributed by atoms with Crippen LogP contribution in [0.3, 0.4) is 0 Å². The molecule has 1 aromatic rings. The third-order valence-electron chi connectivity index (χ3n) is 2.67. The van der Waals surface area contributed by atoms with Crippen LogP contribution < -0.4 is 0 Å². The van der Waals surface area contributed by atoms with E-state index in [0.29, 0.717) is 18.6 Å². The molecule has 3 nitrogen and oxygen atoms in total. The Labute approximate surface area is 112 Å². The number of esters is 1. The summed E-state index contributed by atoms with van der Waals surface area (Å²) in [4.78, 5) is 22.7. The summed E-state index contributed by atoms with van der Waals surface area (Å²) in [6.07, 6.45) is 0.419. The van der Waals surface area contributed by atoms with Crippen molar-refractivity contribution >= 4 is 23.4 Å². The van der Waals surface area contributed by atoms with Gasteiger partial charge in [-0.15, -0.1) is 11.6 Å². The maximum atomic E-state index is 11.5. The fraction of sp³-hybridized carbons (Fsp3) is 0.429. The SMILES string of the molecule is CCOC(=O)c1ccc([C@@H](C)CC(=O)CCl)cc1. The molecule has 0 N–H and O–H groups in total. The first-order valence-corrected chi connectivity index (χ1v) is 6.46. The lowest BCUT2D eigenvalue weighted by molar-refractivity contribution is -0.117. The van der Waals surface area contributed by atoms with Crippen LogP contribution in [0.25, 0.3) is 0 Å². The zero-order valence-electron chi connectivity index (χ0n) is 10.6. The molecule has 0 amide bonds. The van der Waals surface area contributed by atoms with Gasteiger partial charge in [0.25, 0.3) is 0 Å². The van der Waals surface area contributed by atoms with Crippen molar-refractivity contribution in [2.75, 3.05) is 12.5 Å². The highest BCUT2D eigenvalue weighted by molar-refractivity contribution is 6.27. The Morgan fingerprint density at radius 2 is 1.89 bits per heavy atom. The number of rotatable bonds is 6. The molecule has 0 bridgehead atoms. The van der Waals surface area contributed by atoms with E-state index in [1.807, 2.05) is 19.1 Å². The summed E-state index contributed by atoms with van der Waals surface area (Å²) in [6.45, 7) is 4.09. The van der Waals surface area contributed by atoms with E-state index in [0.717, 1.165) is 5.56 Å². The van der Waals surface area contributed by atoms with Crippen molar-refractivity contribution in [3.05, 3.63) is 35.4 Å². The van der Waals surface area contributed by atoms with Gasteiger partial charge < -0.3 is 4.74 Å². The Hall–Kier alpha value is -1.35. The fourth-order valence-corrected chi connectivity index (χ4v) is 1.79. The van der Waals surface area contributed by atoms with Gasteiger partial charge in [-0.2, -0.15) is 0 Å². The lowest BCUT2D eigenvalue weighted by Gasteiger charge is -2.10. The number of Topliss-reactive ketones (excluding diaryl/α,β-unsaturated/α-hetero) is 1. The maximum absolute atomic E-state index is 11.5. The second kappa shape index (κ2) is 7.17. The van der Waals surface area contributed by atoms with Crippen molar-refractivity contribution in [1.82, 2.24) is 0 Å². The molecular weight excluding hydrogens is 252 g/mol. The molecule has 98 valence electrons. The molecule has 0 unspecified atom stereocenters. The summed E-state index contributed by atoms with van der Waals surface area (Å²) in [6, 6.07) is 7.13.